The number of rotatable bonds is 45. The molecule has 0 saturated heterocycles. The average molecular weight is 868 g/mol. The highest BCUT2D eigenvalue weighted by atomic mass is 31.2. The van der Waals surface area contributed by atoms with Crippen LogP contribution >= 0.6 is 7.82 Å². The highest BCUT2D eigenvalue weighted by molar-refractivity contribution is 7.45. The van der Waals surface area contributed by atoms with Crippen molar-refractivity contribution in [2.45, 2.75) is 225 Å². The molecule has 0 aliphatic rings. The lowest BCUT2D eigenvalue weighted by molar-refractivity contribution is -0.870. The summed E-state index contributed by atoms with van der Waals surface area (Å²) in [5.41, 5.74) is 0. The van der Waals surface area contributed by atoms with Crippen LogP contribution in [0.4, 0.5) is 0 Å². The monoisotopic (exact) mass is 868 g/mol. The van der Waals surface area contributed by atoms with E-state index in [4.69, 9.17) is 18.5 Å². The zero-order valence-electron chi connectivity index (χ0n) is 39.7. The van der Waals surface area contributed by atoms with Gasteiger partial charge in [0.2, 0.25) is 0 Å². The number of likely N-dealkylation sites (N-methyl/N-ethyl adjacent to an activating group) is 1. The molecule has 0 aromatic rings. The van der Waals surface area contributed by atoms with E-state index in [2.05, 4.69) is 50.3 Å². The summed E-state index contributed by atoms with van der Waals surface area (Å²) in [6.07, 6.45) is 48.9. The molecule has 60 heavy (non-hydrogen) atoms. The van der Waals surface area contributed by atoms with Crippen LogP contribution in [0.3, 0.4) is 0 Å². The van der Waals surface area contributed by atoms with Gasteiger partial charge in [0.25, 0.3) is 7.82 Å². The van der Waals surface area contributed by atoms with Gasteiger partial charge in [-0.05, 0) is 44.9 Å². The maximum atomic E-state index is 12.7. The van der Waals surface area contributed by atoms with E-state index in [0.29, 0.717) is 17.4 Å². The van der Waals surface area contributed by atoms with Gasteiger partial charge >= 0.3 is 11.9 Å². The molecular weight excluding hydrogens is 774 g/mol. The minimum atomic E-state index is -4.63. The lowest BCUT2D eigenvalue weighted by Gasteiger charge is -2.28. The van der Waals surface area contributed by atoms with Gasteiger partial charge in [0, 0.05) is 12.8 Å². The van der Waals surface area contributed by atoms with Crippen LogP contribution in [-0.4, -0.2) is 70.0 Å². The number of nitrogens with zero attached hydrogens (tertiary/aromatic N) is 1. The van der Waals surface area contributed by atoms with E-state index in [1.165, 1.54) is 116 Å². The Morgan fingerprint density at radius 2 is 0.950 bits per heavy atom. The highest BCUT2D eigenvalue weighted by Gasteiger charge is 2.21. The number of phosphoric ester groups is 1. The molecule has 2 unspecified atom stereocenters. The summed E-state index contributed by atoms with van der Waals surface area (Å²) in [6.45, 7) is 4.12. The Morgan fingerprint density at radius 1 is 0.533 bits per heavy atom. The molecule has 0 spiro atoms. The standard InChI is InChI=1S/C50H94NO8P/c1-6-8-10-12-14-16-18-20-22-23-24-25-26-27-29-30-32-34-36-38-40-42-49(52)56-46-48(47-58-60(54,55)57-45-44-51(3,4)5)59-50(53)43-41-39-37-35-33-31-28-21-19-17-15-13-11-9-7-2/h9,11,15,17,21,28,48H,6-8,10,12-14,16,18-20,22-27,29-47H2,1-5H3/b11-9-,17-15-,28-21-. The number of quaternary nitrogens is 1. The van der Waals surface area contributed by atoms with E-state index >= 15 is 0 Å². The number of allylic oxidation sites excluding steroid dienone is 6. The Morgan fingerprint density at radius 3 is 1.42 bits per heavy atom. The molecule has 0 N–H and O–H groups in total. The Balaban J connectivity index is 4.23. The number of hydrogen-bond donors (Lipinski definition) is 0. The fourth-order valence-electron chi connectivity index (χ4n) is 6.85. The van der Waals surface area contributed by atoms with E-state index in [9.17, 15) is 19.0 Å². The first kappa shape index (κ1) is 58.2. The first-order valence-electron chi connectivity index (χ1n) is 24.7. The first-order valence-corrected chi connectivity index (χ1v) is 26.2. The van der Waals surface area contributed by atoms with Gasteiger partial charge in [0.1, 0.15) is 19.8 Å². The molecule has 0 rings (SSSR count). The minimum Gasteiger partial charge on any atom is -0.756 e. The second-order valence-corrected chi connectivity index (χ2v) is 19.2. The van der Waals surface area contributed by atoms with Gasteiger partial charge < -0.3 is 27.9 Å². The molecule has 2 atom stereocenters. The number of carbonyl (C=O) groups is 2. The molecule has 0 bridgehead atoms. The van der Waals surface area contributed by atoms with Gasteiger partial charge in [-0.15, -0.1) is 0 Å². The SMILES string of the molecule is CC/C=C\C/C=C\C/C=C\CCCCCCCC(=O)OC(COC(=O)CCCCCCCCCCCCCCCCCCCCCCC)COP(=O)([O-])OCC[N+](C)(C)C. The highest BCUT2D eigenvalue weighted by Crippen LogP contribution is 2.38. The Hall–Kier alpha value is -1.77. The van der Waals surface area contributed by atoms with Crippen molar-refractivity contribution < 1.29 is 42.1 Å². The normalized spacial score (nSPS) is 13.8. The van der Waals surface area contributed by atoms with Crippen molar-refractivity contribution in [2.24, 2.45) is 0 Å². The van der Waals surface area contributed by atoms with Crippen molar-refractivity contribution in [1.82, 2.24) is 0 Å². The molecule has 0 aromatic heterocycles. The second kappa shape index (κ2) is 42.5. The maximum Gasteiger partial charge on any atom is 0.306 e. The summed E-state index contributed by atoms with van der Waals surface area (Å²) < 4.78 is 34.0. The smallest absolute Gasteiger partial charge is 0.306 e. The Labute approximate surface area is 370 Å². The van der Waals surface area contributed by atoms with E-state index in [1.807, 2.05) is 21.1 Å². The van der Waals surface area contributed by atoms with Crippen LogP contribution in [0.1, 0.15) is 219 Å². The quantitative estimate of drug-likeness (QED) is 0.0196. The molecule has 9 nitrogen and oxygen atoms in total. The van der Waals surface area contributed by atoms with E-state index < -0.39 is 26.5 Å². The van der Waals surface area contributed by atoms with Crippen molar-refractivity contribution in [3.63, 3.8) is 0 Å². The van der Waals surface area contributed by atoms with Crippen LogP contribution in [-0.2, 0) is 32.7 Å². The third-order valence-electron chi connectivity index (χ3n) is 10.7. The summed E-state index contributed by atoms with van der Waals surface area (Å²) in [5, 5.41) is 0. The first-order chi connectivity index (χ1) is 29.0. The fourth-order valence-corrected chi connectivity index (χ4v) is 7.58. The summed E-state index contributed by atoms with van der Waals surface area (Å²) in [5.74, 6) is -0.846. The van der Waals surface area contributed by atoms with E-state index in [-0.39, 0.29) is 32.0 Å². The summed E-state index contributed by atoms with van der Waals surface area (Å²) in [4.78, 5) is 37.6. The maximum absolute atomic E-state index is 12.7. The van der Waals surface area contributed by atoms with Crippen molar-refractivity contribution in [1.29, 1.82) is 0 Å². The number of unbranched alkanes of at least 4 members (excludes halogenated alkanes) is 25. The number of hydrogen-bond acceptors (Lipinski definition) is 8. The number of esters is 2. The molecule has 0 saturated carbocycles. The third kappa shape index (κ3) is 45.7. The molecule has 0 radical (unpaired) electrons. The van der Waals surface area contributed by atoms with Crippen LogP contribution < -0.4 is 4.89 Å². The molecule has 0 aliphatic carbocycles. The van der Waals surface area contributed by atoms with Crippen molar-refractivity contribution in [3.8, 4) is 0 Å². The van der Waals surface area contributed by atoms with Gasteiger partial charge in [-0.2, -0.15) is 0 Å². The van der Waals surface area contributed by atoms with Crippen molar-refractivity contribution >= 4 is 19.8 Å². The lowest BCUT2D eigenvalue weighted by Crippen LogP contribution is -2.37. The van der Waals surface area contributed by atoms with Gasteiger partial charge in [-0.3, -0.25) is 14.2 Å². The topological polar surface area (TPSA) is 111 Å². The Bertz CT molecular complexity index is 1120. The Kier molecular flexibility index (Phi) is 41.3. The molecule has 0 fully saturated rings. The zero-order chi connectivity index (χ0) is 44.3. The van der Waals surface area contributed by atoms with Gasteiger partial charge in [0.05, 0.1) is 27.7 Å². The van der Waals surface area contributed by atoms with E-state index in [0.717, 1.165) is 70.6 Å². The van der Waals surface area contributed by atoms with Crippen molar-refractivity contribution in [3.05, 3.63) is 36.5 Å². The van der Waals surface area contributed by atoms with Crippen LogP contribution in [0, 0.1) is 0 Å². The lowest BCUT2D eigenvalue weighted by atomic mass is 10.0. The minimum absolute atomic E-state index is 0.0337. The van der Waals surface area contributed by atoms with Crippen LogP contribution in [0.5, 0.6) is 0 Å². The van der Waals surface area contributed by atoms with Crippen molar-refractivity contribution in [2.75, 3.05) is 47.5 Å². The third-order valence-corrected chi connectivity index (χ3v) is 11.6. The predicted octanol–water partition coefficient (Wildman–Crippen LogP) is 13.8. The molecule has 10 heteroatoms. The summed E-state index contributed by atoms with van der Waals surface area (Å²) in [7, 11) is 1.16. The second-order valence-electron chi connectivity index (χ2n) is 17.8. The summed E-state index contributed by atoms with van der Waals surface area (Å²) in [6, 6.07) is 0. The zero-order valence-corrected chi connectivity index (χ0v) is 40.6. The van der Waals surface area contributed by atoms with Crippen LogP contribution in [0.25, 0.3) is 0 Å². The predicted molar refractivity (Wildman–Crippen MR) is 250 cm³/mol. The molecule has 0 amide bonds. The molecular formula is C50H94NO8P. The van der Waals surface area contributed by atoms with Gasteiger partial charge in [0.15, 0.2) is 6.10 Å². The molecule has 352 valence electrons. The van der Waals surface area contributed by atoms with Gasteiger partial charge in [-0.25, -0.2) is 0 Å². The van der Waals surface area contributed by atoms with E-state index in [1.54, 1.807) is 0 Å². The number of carbonyl (C=O) groups excluding carboxylic acids is 2. The number of ether oxygens (including phenoxy) is 2. The molecule has 0 aliphatic heterocycles. The fraction of sp³-hybridized carbons (Fsp3) is 0.840. The summed E-state index contributed by atoms with van der Waals surface area (Å²) >= 11 is 0. The molecule has 0 heterocycles. The number of phosphoric acid groups is 1. The van der Waals surface area contributed by atoms with Crippen LogP contribution in [0.15, 0.2) is 36.5 Å². The molecule has 0 aromatic carbocycles. The largest absolute Gasteiger partial charge is 0.756 e. The van der Waals surface area contributed by atoms with Crippen LogP contribution in [0.2, 0.25) is 0 Å². The van der Waals surface area contributed by atoms with Gasteiger partial charge in [-0.1, -0.05) is 198 Å². The average Bonchev–Trinajstić information content (AvgIpc) is 3.20.